The maximum atomic E-state index is 5.36. The van der Waals surface area contributed by atoms with Gasteiger partial charge in [-0.25, -0.2) is 15.0 Å². The molecule has 0 atom stereocenters. The molecule has 9 aromatic carbocycles. The van der Waals surface area contributed by atoms with E-state index in [0.29, 0.717) is 17.5 Å². The third-order valence-electron chi connectivity index (χ3n) is 14.2. The molecule has 62 heavy (non-hydrogen) atoms. The van der Waals surface area contributed by atoms with Crippen LogP contribution in [0.25, 0.3) is 78.7 Å². The Morgan fingerprint density at radius 2 is 0.468 bits per heavy atom. The molecule has 14 rings (SSSR count). The number of hydrogen-bond donors (Lipinski definition) is 0. The number of fused-ring (bicyclic) bond motifs is 20. The summed E-state index contributed by atoms with van der Waals surface area (Å²) in [6, 6.07) is 77.7. The van der Waals surface area contributed by atoms with E-state index in [1.54, 1.807) is 0 Å². The summed E-state index contributed by atoms with van der Waals surface area (Å²) in [5.74, 6) is 1.95. The molecule has 4 aliphatic carbocycles. The Bertz CT molecular complexity index is 3240. The van der Waals surface area contributed by atoms with E-state index in [9.17, 15) is 0 Å². The number of benzene rings is 9. The van der Waals surface area contributed by atoms with Gasteiger partial charge in [-0.15, -0.1) is 0 Å². The molecule has 0 saturated heterocycles. The first kappa shape index (κ1) is 33.8. The normalized spacial score (nSPS) is 14.4. The van der Waals surface area contributed by atoms with Crippen molar-refractivity contribution in [1.29, 1.82) is 0 Å². The summed E-state index contributed by atoms with van der Waals surface area (Å²) in [7, 11) is 0. The predicted octanol–water partition coefficient (Wildman–Crippen LogP) is 13.6. The summed E-state index contributed by atoms with van der Waals surface area (Å²) < 4.78 is 0. The highest BCUT2D eigenvalue weighted by Crippen LogP contribution is 2.64. The van der Waals surface area contributed by atoms with Gasteiger partial charge in [-0.1, -0.05) is 200 Å². The second kappa shape index (κ2) is 12.3. The van der Waals surface area contributed by atoms with Gasteiger partial charge < -0.3 is 0 Å². The van der Waals surface area contributed by atoms with E-state index in [-0.39, 0.29) is 0 Å². The standard InChI is InChI=1S/C59H35N3/c1-2-16-36(17-3-1)55-60-56(37-30-32-53-45(34-37)43-22-8-14-28-51(43)58(53)47-24-10-4-18-39(47)40-19-5-11-25-48(40)58)62-57(61-55)38-31-33-54-46(35-38)44-23-9-15-29-52(44)59(54)49-26-12-6-20-41(49)42-21-7-13-27-50(42)59/h1-35H. The fourth-order valence-electron chi connectivity index (χ4n) is 11.8. The fourth-order valence-corrected chi connectivity index (χ4v) is 11.8. The molecule has 0 saturated carbocycles. The molecule has 1 heterocycles. The van der Waals surface area contributed by atoms with Crippen LogP contribution in [0.15, 0.2) is 212 Å². The van der Waals surface area contributed by atoms with Crippen LogP contribution in [-0.2, 0) is 10.8 Å². The van der Waals surface area contributed by atoms with Crippen LogP contribution in [0.1, 0.15) is 44.5 Å². The lowest BCUT2D eigenvalue weighted by Gasteiger charge is -2.30. The van der Waals surface area contributed by atoms with E-state index in [0.717, 1.165) is 16.7 Å². The van der Waals surface area contributed by atoms with Gasteiger partial charge in [-0.2, -0.15) is 0 Å². The summed E-state index contributed by atoms with van der Waals surface area (Å²) in [6.45, 7) is 0. The van der Waals surface area contributed by atoms with Crippen molar-refractivity contribution in [2.24, 2.45) is 0 Å². The largest absolute Gasteiger partial charge is 0.208 e. The first-order valence-electron chi connectivity index (χ1n) is 21.4. The highest BCUT2D eigenvalue weighted by Gasteiger charge is 2.53. The average molecular weight is 786 g/mol. The van der Waals surface area contributed by atoms with Crippen LogP contribution >= 0.6 is 0 Å². The van der Waals surface area contributed by atoms with Crippen LogP contribution in [0.2, 0.25) is 0 Å². The topological polar surface area (TPSA) is 38.7 Å². The first-order chi connectivity index (χ1) is 30.7. The Morgan fingerprint density at radius 3 is 0.806 bits per heavy atom. The SMILES string of the molecule is c1ccc(-c2nc(-c3ccc4c(c3)-c3ccccc3C43c4ccccc4-c4ccccc43)nc(-c3ccc4c(c3)-c3ccccc3C43c4ccccc4-c4ccccc43)n2)cc1. The number of nitrogens with zero attached hydrogens (tertiary/aromatic N) is 3. The Kier molecular flexibility index (Phi) is 6.69. The van der Waals surface area contributed by atoms with Crippen molar-refractivity contribution in [3.05, 3.63) is 257 Å². The van der Waals surface area contributed by atoms with E-state index in [1.165, 1.54) is 89.0 Å². The highest BCUT2D eigenvalue weighted by atomic mass is 15.0. The van der Waals surface area contributed by atoms with Crippen LogP contribution in [-0.4, -0.2) is 15.0 Å². The Morgan fingerprint density at radius 1 is 0.210 bits per heavy atom. The van der Waals surface area contributed by atoms with Crippen LogP contribution in [0.5, 0.6) is 0 Å². The van der Waals surface area contributed by atoms with Gasteiger partial charge in [0.1, 0.15) is 0 Å². The van der Waals surface area contributed by atoms with Gasteiger partial charge in [0.15, 0.2) is 17.5 Å². The molecule has 1 aromatic heterocycles. The summed E-state index contributed by atoms with van der Waals surface area (Å²) in [6.07, 6.45) is 0. The van der Waals surface area contributed by atoms with Gasteiger partial charge in [-0.05, 0) is 101 Å². The van der Waals surface area contributed by atoms with Crippen molar-refractivity contribution in [3.63, 3.8) is 0 Å². The molecule has 0 aliphatic heterocycles. The van der Waals surface area contributed by atoms with Crippen molar-refractivity contribution in [3.8, 4) is 78.7 Å². The number of rotatable bonds is 3. The van der Waals surface area contributed by atoms with Gasteiger partial charge in [0.2, 0.25) is 0 Å². The van der Waals surface area contributed by atoms with Crippen molar-refractivity contribution < 1.29 is 0 Å². The summed E-state index contributed by atoms with van der Waals surface area (Å²) in [5, 5.41) is 0. The highest BCUT2D eigenvalue weighted by molar-refractivity contribution is 5.97. The average Bonchev–Trinajstić information content (AvgIpc) is 4.03. The minimum Gasteiger partial charge on any atom is -0.208 e. The summed E-state index contributed by atoms with van der Waals surface area (Å²) in [5.41, 5.74) is 22.7. The second-order valence-corrected chi connectivity index (χ2v) is 17.0. The Hall–Kier alpha value is -8.01. The zero-order valence-corrected chi connectivity index (χ0v) is 33.5. The smallest absolute Gasteiger partial charge is 0.164 e. The van der Waals surface area contributed by atoms with Crippen LogP contribution < -0.4 is 0 Å². The van der Waals surface area contributed by atoms with E-state index in [2.05, 4.69) is 194 Å². The molecular formula is C59H35N3. The lowest BCUT2D eigenvalue weighted by molar-refractivity contribution is 0.793. The van der Waals surface area contributed by atoms with E-state index < -0.39 is 10.8 Å². The zero-order valence-electron chi connectivity index (χ0n) is 33.5. The maximum absolute atomic E-state index is 5.36. The van der Waals surface area contributed by atoms with E-state index in [1.807, 2.05) is 18.2 Å². The molecule has 10 aromatic rings. The zero-order chi connectivity index (χ0) is 40.6. The molecule has 286 valence electrons. The molecule has 3 nitrogen and oxygen atoms in total. The fraction of sp³-hybridized carbons (Fsp3) is 0.0339. The van der Waals surface area contributed by atoms with E-state index >= 15 is 0 Å². The van der Waals surface area contributed by atoms with Crippen molar-refractivity contribution in [2.75, 3.05) is 0 Å². The van der Waals surface area contributed by atoms with Gasteiger partial charge in [0.25, 0.3) is 0 Å². The molecule has 0 fully saturated rings. The molecule has 0 unspecified atom stereocenters. The van der Waals surface area contributed by atoms with Gasteiger partial charge in [-0.3, -0.25) is 0 Å². The summed E-state index contributed by atoms with van der Waals surface area (Å²) >= 11 is 0. The Labute approximate surface area is 359 Å². The molecule has 0 amide bonds. The van der Waals surface area contributed by atoms with Gasteiger partial charge in [0.05, 0.1) is 10.8 Å². The molecule has 0 bridgehead atoms. The van der Waals surface area contributed by atoms with Gasteiger partial charge in [0, 0.05) is 16.7 Å². The maximum Gasteiger partial charge on any atom is 0.164 e. The Balaban J connectivity index is 0.971. The summed E-state index contributed by atoms with van der Waals surface area (Å²) in [4.78, 5) is 15.8. The minimum absolute atomic E-state index is 0.407. The molecule has 0 N–H and O–H groups in total. The van der Waals surface area contributed by atoms with Gasteiger partial charge >= 0.3 is 0 Å². The second-order valence-electron chi connectivity index (χ2n) is 17.0. The van der Waals surface area contributed by atoms with Crippen LogP contribution in [0.4, 0.5) is 0 Å². The third kappa shape index (κ3) is 4.17. The van der Waals surface area contributed by atoms with Crippen LogP contribution in [0.3, 0.4) is 0 Å². The van der Waals surface area contributed by atoms with Crippen molar-refractivity contribution in [1.82, 2.24) is 15.0 Å². The molecular weight excluding hydrogens is 751 g/mol. The first-order valence-corrected chi connectivity index (χ1v) is 21.4. The lowest BCUT2D eigenvalue weighted by Crippen LogP contribution is -2.25. The van der Waals surface area contributed by atoms with Crippen LogP contribution in [0, 0.1) is 0 Å². The predicted molar refractivity (Wildman–Crippen MR) is 249 cm³/mol. The minimum atomic E-state index is -0.407. The third-order valence-corrected chi connectivity index (χ3v) is 14.2. The molecule has 2 spiro atoms. The number of aromatic nitrogens is 3. The van der Waals surface area contributed by atoms with Crippen molar-refractivity contribution >= 4 is 0 Å². The lowest BCUT2D eigenvalue weighted by atomic mass is 9.70. The van der Waals surface area contributed by atoms with Crippen molar-refractivity contribution in [2.45, 2.75) is 10.8 Å². The monoisotopic (exact) mass is 785 g/mol. The number of hydrogen-bond acceptors (Lipinski definition) is 3. The molecule has 4 aliphatic rings. The molecule has 3 heteroatoms. The quantitative estimate of drug-likeness (QED) is 0.179. The van der Waals surface area contributed by atoms with E-state index in [4.69, 9.17) is 15.0 Å². The molecule has 0 radical (unpaired) electrons.